The molecular formula is C19H26O5. The van der Waals surface area contributed by atoms with E-state index in [1.165, 1.54) is 7.11 Å². The smallest absolute Gasteiger partial charge is 0.320 e. The Morgan fingerprint density at radius 3 is 2.54 bits per heavy atom. The summed E-state index contributed by atoms with van der Waals surface area (Å²) in [6, 6.07) is 0. The van der Waals surface area contributed by atoms with E-state index in [0.29, 0.717) is 32.5 Å². The first-order valence-corrected chi connectivity index (χ1v) is 8.58. The Hall–Kier alpha value is -1.38. The molecule has 3 fully saturated rings. The summed E-state index contributed by atoms with van der Waals surface area (Å²) >= 11 is 0. The summed E-state index contributed by atoms with van der Waals surface area (Å²) in [6.45, 7) is 7.18. The van der Waals surface area contributed by atoms with E-state index in [1.807, 2.05) is 0 Å². The fourth-order valence-electron chi connectivity index (χ4n) is 4.49. The molecule has 0 bridgehead atoms. The van der Waals surface area contributed by atoms with Crippen molar-refractivity contribution in [1.82, 2.24) is 0 Å². The Bertz CT molecular complexity index is 591. The first-order valence-electron chi connectivity index (χ1n) is 8.58. The van der Waals surface area contributed by atoms with E-state index in [0.717, 1.165) is 0 Å². The lowest BCUT2D eigenvalue weighted by Gasteiger charge is -2.42. The number of hydrogen-bond donors (Lipinski definition) is 0. The standard InChI is InChI=1S/C19H26O5/c1-5-6-7-19(16(21)22-4)14-10-18(9-13(14)8-15(19)20)23-11-17(2,3)12-24-18/h13-14H,7-12H2,1-4H3/t13-,14+,19+/m0/s1. The molecule has 1 aliphatic heterocycles. The summed E-state index contributed by atoms with van der Waals surface area (Å²) in [4.78, 5) is 25.3. The average molecular weight is 334 g/mol. The molecule has 3 aliphatic rings. The molecule has 0 aromatic rings. The summed E-state index contributed by atoms with van der Waals surface area (Å²) in [6.07, 6.45) is 1.82. The van der Waals surface area contributed by atoms with Gasteiger partial charge in [0, 0.05) is 31.1 Å². The van der Waals surface area contributed by atoms with Crippen LogP contribution in [0, 0.1) is 34.5 Å². The van der Waals surface area contributed by atoms with Crippen LogP contribution in [0.25, 0.3) is 0 Å². The maximum absolute atomic E-state index is 12.7. The van der Waals surface area contributed by atoms with Crippen molar-refractivity contribution in [3.8, 4) is 11.8 Å². The number of methoxy groups -OCH3 is 1. The molecule has 3 atom stereocenters. The van der Waals surface area contributed by atoms with Gasteiger partial charge in [-0.3, -0.25) is 9.59 Å². The Morgan fingerprint density at radius 2 is 1.96 bits per heavy atom. The van der Waals surface area contributed by atoms with Gasteiger partial charge in [0.25, 0.3) is 0 Å². The fourth-order valence-corrected chi connectivity index (χ4v) is 4.49. The maximum Gasteiger partial charge on any atom is 0.320 e. The number of carbonyl (C=O) groups is 2. The van der Waals surface area contributed by atoms with Crippen molar-refractivity contribution >= 4 is 11.8 Å². The molecule has 1 saturated heterocycles. The number of rotatable bonds is 2. The molecule has 3 rings (SSSR count). The van der Waals surface area contributed by atoms with Crippen molar-refractivity contribution in [1.29, 1.82) is 0 Å². The van der Waals surface area contributed by atoms with Crippen LogP contribution in [0.5, 0.6) is 0 Å². The number of esters is 1. The topological polar surface area (TPSA) is 61.8 Å². The highest BCUT2D eigenvalue weighted by Crippen LogP contribution is 2.59. The highest BCUT2D eigenvalue weighted by molar-refractivity contribution is 6.06. The van der Waals surface area contributed by atoms with Crippen LogP contribution in [0.4, 0.5) is 0 Å². The van der Waals surface area contributed by atoms with E-state index < -0.39 is 17.2 Å². The third-order valence-corrected chi connectivity index (χ3v) is 5.80. The van der Waals surface area contributed by atoms with E-state index in [9.17, 15) is 9.59 Å². The first-order chi connectivity index (χ1) is 11.3. The van der Waals surface area contributed by atoms with Gasteiger partial charge in [-0.15, -0.1) is 11.8 Å². The SMILES string of the molecule is CC#CC[C@]1(C(=O)OC)C(=O)C[C@H]2CC3(C[C@H]21)OCC(C)(C)CO3. The van der Waals surface area contributed by atoms with Crippen LogP contribution in [0.1, 0.15) is 46.5 Å². The predicted octanol–water partition coefficient (Wildman–Crippen LogP) is 2.33. The van der Waals surface area contributed by atoms with Crippen LogP contribution in [0.15, 0.2) is 0 Å². The number of ketones is 1. The van der Waals surface area contributed by atoms with Gasteiger partial charge in [-0.25, -0.2) is 0 Å². The van der Waals surface area contributed by atoms with Crippen LogP contribution >= 0.6 is 0 Å². The minimum atomic E-state index is -1.16. The molecule has 0 unspecified atom stereocenters. The Labute approximate surface area is 143 Å². The zero-order chi connectivity index (χ0) is 17.6. The fraction of sp³-hybridized carbons (Fsp3) is 0.789. The van der Waals surface area contributed by atoms with E-state index in [-0.39, 0.29) is 29.5 Å². The van der Waals surface area contributed by atoms with E-state index in [1.54, 1.807) is 6.92 Å². The molecule has 5 nitrogen and oxygen atoms in total. The lowest BCUT2D eigenvalue weighted by atomic mass is 9.72. The van der Waals surface area contributed by atoms with Gasteiger partial charge in [0.1, 0.15) is 5.41 Å². The Morgan fingerprint density at radius 1 is 1.29 bits per heavy atom. The zero-order valence-corrected chi connectivity index (χ0v) is 14.9. The minimum absolute atomic E-state index is 0.00804. The van der Waals surface area contributed by atoms with Gasteiger partial charge in [0.2, 0.25) is 0 Å². The van der Waals surface area contributed by atoms with Crippen molar-refractivity contribution < 1.29 is 23.8 Å². The predicted molar refractivity (Wildman–Crippen MR) is 86.8 cm³/mol. The van der Waals surface area contributed by atoms with Gasteiger partial charge in [-0.2, -0.15) is 0 Å². The number of carbonyl (C=O) groups excluding carboxylic acids is 2. The molecule has 1 spiro atoms. The van der Waals surface area contributed by atoms with Crippen LogP contribution in [-0.2, 0) is 23.8 Å². The lowest BCUT2D eigenvalue weighted by molar-refractivity contribution is -0.298. The maximum atomic E-state index is 12.7. The monoisotopic (exact) mass is 334 g/mol. The molecule has 2 saturated carbocycles. The molecule has 0 aromatic heterocycles. The highest BCUT2D eigenvalue weighted by atomic mass is 16.7. The van der Waals surface area contributed by atoms with E-state index in [4.69, 9.17) is 14.2 Å². The van der Waals surface area contributed by atoms with Gasteiger partial charge < -0.3 is 14.2 Å². The number of fused-ring (bicyclic) bond motifs is 1. The van der Waals surface area contributed by atoms with E-state index in [2.05, 4.69) is 25.7 Å². The van der Waals surface area contributed by atoms with Gasteiger partial charge in [-0.1, -0.05) is 13.8 Å². The molecule has 132 valence electrons. The second kappa shape index (κ2) is 5.86. The lowest BCUT2D eigenvalue weighted by Crippen LogP contribution is -2.48. The summed E-state index contributed by atoms with van der Waals surface area (Å²) in [5.41, 5.74) is -1.17. The highest BCUT2D eigenvalue weighted by Gasteiger charge is 2.66. The van der Waals surface area contributed by atoms with E-state index >= 15 is 0 Å². The number of Topliss-reactive ketones (excluding diaryl/α,β-unsaturated/α-hetero) is 1. The summed E-state index contributed by atoms with van der Waals surface area (Å²) < 4.78 is 17.2. The molecule has 24 heavy (non-hydrogen) atoms. The molecule has 0 radical (unpaired) electrons. The van der Waals surface area contributed by atoms with Gasteiger partial charge >= 0.3 is 5.97 Å². The van der Waals surface area contributed by atoms with Crippen molar-refractivity contribution in [2.45, 2.75) is 52.2 Å². The molecule has 1 heterocycles. The quantitative estimate of drug-likeness (QED) is 0.441. The normalized spacial score (nSPS) is 36.1. The van der Waals surface area contributed by atoms with Crippen LogP contribution in [0.2, 0.25) is 0 Å². The largest absolute Gasteiger partial charge is 0.468 e. The van der Waals surface area contributed by atoms with Crippen LogP contribution < -0.4 is 0 Å². The Balaban J connectivity index is 1.89. The zero-order valence-electron chi connectivity index (χ0n) is 14.9. The van der Waals surface area contributed by atoms with Gasteiger partial charge in [0.05, 0.1) is 20.3 Å². The van der Waals surface area contributed by atoms with Crippen LogP contribution in [0.3, 0.4) is 0 Å². The molecule has 0 aromatic carbocycles. The molecule has 0 amide bonds. The van der Waals surface area contributed by atoms with Gasteiger partial charge in [0.15, 0.2) is 11.6 Å². The third kappa shape index (κ3) is 2.57. The van der Waals surface area contributed by atoms with Crippen molar-refractivity contribution in [3.63, 3.8) is 0 Å². The van der Waals surface area contributed by atoms with Crippen LogP contribution in [-0.4, -0.2) is 37.9 Å². The number of ether oxygens (including phenoxy) is 3. The van der Waals surface area contributed by atoms with Gasteiger partial charge in [-0.05, 0) is 18.8 Å². The van der Waals surface area contributed by atoms with Crippen molar-refractivity contribution in [2.75, 3.05) is 20.3 Å². The molecular weight excluding hydrogens is 308 g/mol. The minimum Gasteiger partial charge on any atom is -0.468 e. The van der Waals surface area contributed by atoms with Crippen molar-refractivity contribution in [2.24, 2.45) is 22.7 Å². The summed E-state index contributed by atoms with van der Waals surface area (Å²) in [5.74, 6) is 4.55. The average Bonchev–Trinajstić information content (AvgIpc) is 3.01. The summed E-state index contributed by atoms with van der Waals surface area (Å²) in [7, 11) is 1.34. The summed E-state index contributed by atoms with van der Waals surface area (Å²) in [5, 5.41) is 0. The molecule has 2 aliphatic carbocycles. The number of hydrogen-bond acceptors (Lipinski definition) is 5. The Kier molecular flexibility index (Phi) is 4.26. The van der Waals surface area contributed by atoms with Crippen molar-refractivity contribution in [3.05, 3.63) is 0 Å². The second-order valence-electron chi connectivity index (χ2n) is 8.12. The molecule has 5 heteroatoms. The molecule has 0 N–H and O–H groups in total. The first kappa shape index (κ1) is 17.4. The second-order valence-corrected chi connectivity index (χ2v) is 8.12. The third-order valence-electron chi connectivity index (χ3n) is 5.80.